The van der Waals surface area contributed by atoms with Crippen LogP contribution in [-0.2, 0) is 13.8 Å². The van der Waals surface area contributed by atoms with E-state index in [2.05, 4.69) is 27.7 Å². The molecular weight excluding hydrogens is 239 g/mol. The minimum atomic E-state index is -1.63. The highest BCUT2D eigenvalue weighted by atomic mass is 31.1. The van der Waals surface area contributed by atoms with Crippen LogP contribution in [0.4, 0.5) is 0 Å². The van der Waals surface area contributed by atoms with E-state index in [1.54, 1.807) is 6.92 Å². The molecular formula is C11H23N2O3P+2. The van der Waals surface area contributed by atoms with E-state index >= 15 is 0 Å². The van der Waals surface area contributed by atoms with Gasteiger partial charge in [-0.1, -0.05) is 11.7 Å². The number of nitrogens with one attached hydrogen (secondary N) is 1. The Bertz CT molecular complexity index is 298. The molecule has 0 radical (unpaired) electrons. The van der Waals surface area contributed by atoms with Crippen LogP contribution >= 0.6 is 8.17 Å². The van der Waals surface area contributed by atoms with Crippen LogP contribution in [0.15, 0.2) is 12.2 Å². The average molecular weight is 262 g/mol. The SMILES string of the molecule is C=C(C)C(=O)CCO[P+](=N)OCC[N+](C)(C)C. The van der Waals surface area contributed by atoms with Crippen molar-refractivity contribution in [1.82, 2.24) is 0 Å². The van der Waals surface area contributed by atoms with Gasteiger partial charge in [0, 0.05) is 6.42 Å². The van der Waals surface area contributed by atoms with Crippen molar-refractivity contribution in [3.63, 3.8) is 0 Å². The molecule has 0 saturated heterocycles. The van der Waals surface area contributed by atoms with E-state index in [1.165, 1.54) is 0 Å². The molecule has 0 bridgehead atoms. The summed E-state index contributed by atoms with van der Waals surface area (Å²) in [6.45, 7) is 6.77. The second-order valence-corrected chi connectivity index (χ2v) is 5.92. The molecule has 0 aliphatic carbocycles. The number of hydrogen-bond acceptors (Lipinski definition) is 4. The van der Waals surface area contributed by atoms with Crippen LogP contribution in [0.5, 0.6) is 0 Å². The molecule has 0 saturated carbocycles. The summed E-state index contributed by atoms with van der Waals surface area (Å²) in [6.07, 6.45) is 0.270. The van der Waals surface area contributed by atoms with Gasteiger partial charge in [-0.05, 0) is 12.5 Å². The maximum absolute atomic E-state index is 11.2. The van der Waals surface area contributed by atoms with E-state index in [-0.39, 0.29) is 18.8 Å². The van der Waals surface area contributed by atoms with Crippen molar-refractivity contribution in [2.45, 2.75) is 13.3 Å². The number of ketones is 1. The summed E-state index contributed by atoms with van der Waals surface area (Å²) in [7, 11) is 4.55. The third-order valence-electron chi connectivity index (χ3n) is 1.98. The van der Waals surface area contributed by atoms with Crippen LogP contribution in [0, 0.1) is 5.16 Å². The Balaban J connectivity index is 3.61. The Labute approximate surface area is 104 Å². The van der Waals surface area contributed by atoms with E-state index < -0.39 is 8.17 Å². The van der Waals surface area contributed by atoms with Gasteiger partial charge in [0.1, 0.15) is 13.2 Å². The molecule has 0 aromatic rings. The molecule has 1 atom stereocenters. The number of quaternary nitrogens is 1. The molecule has 0 spiro atoms. The van der Waals surface area contributed by atoms with Crippen molar-refractivity contribution in [2.24, 2.45) is 0 Å². The Morgan fingerprint density at radius 3 is 2.29 bits per heavy atom. The average Bonchev–Trinajstić information content (AvgIpc) is 2.15. The number of hydrogen-bond donors (Lipinski definition) is 1. The number of allylic oxidation sites excluding steroid dienone is 1. The highest BCUT2D eigenvalue weighted by Crippen LogP contribution is 2.24. The summed E-state index contributed by atoms with van der Waals surface area (Å²) >= 11 is 0. The van der Waals surface area contributed by atoms with Crippen LogP contribution in [0.3, 0.4) is 0 Å². The van der Waals surface area contributed by atoms with Gasteiger partial charge in [0.15, 0.2) is 12.4 Å². The third kappa shape index (κ3) is 10.3. The topological polar surface area (TPSA) is 59.4 Å². The van der Waals surface area contributed by atoms with Crippen LogP contribution in [-0.4, -0.2) is 51.2 Å². The van der Waals surface area contributed by atoms with Crippen molar-refractivity contribution in [3.05, 3.63) is 12.2 Å². The first-order valence-electron chi connectivity index (χ1n) is 5.49. The zero-order valence-electron chi connectivity index (χ0n) is 11.2. The van der Waals surface area contributed by atoms with Crippen LogP contribution < -0.4 is 0 Å². The van der Waals surface area contributed by atoms with Crippen LogP contribution in [0.25, 0.3) is 0 Å². The first kappa shape index (κ1) is 16.4. The number of carbonyl (C=O) groups excluding carboxylic acids is 1. The summed E-state index contributed by atoms with van der Waals surface area (Å²) in [4.78, 5) is 11.2. The Kier molecular flexibility index (Phi) is 7.39. The van der Waals surface area contributed by atoms with Gasteiger partial charge in [0.25, 0.3) is 0 Å². The lowest BCUT2D eigenvalue weighted by Crippen LogP contribution is -2.37. The maximum atomic E-state index is 11.2. The molecule has 0 amide bonds. The number of nitrogens with zero attached hydrogens (tertiary/aromatic N) is 1. The molecule has 0 aromatic heterocycles. The molecule has 0 aliphatic rings. The summed E-state index contributed by atoms with van der Waals surface area (Å²) in [5.41, 5.74) is 0.522. The second-order valence-electron chi connectivity index (χ2n) is 4.89. The third-order valence-corrected chi connectivity index (χ3v) is 2.82. The molecule has 0 aliphatic heterocycles. The molecule has 6 heteroatoms. The summed E-state index contributed by atoms with van der Waals surface area (Å²) in [5, 5.41) is 7.51. The van der Waals surface area contributed by atoms with Gasteiger partial charge in [-0.15, -0.1) is 9.05 Å². The molecule has 98 valence electrons. The van der Waals surface area contributed by atoms with E-state index in [1.807, 2.05) is 0 Å². The highest BCUT2D eigenvalue weighted by Gasteiger charge is 2.17. The van der Waals surface area contributed by atoms with E-state index in [0.717, 1.165) is 11.0 Å². The van der Waals surface area contributed by atoms with Gasteiger partial charge < -0.3 is 4.48 Å². The van der Waals surface area contributed by atoms with Crippen molar-refractivity contribution >= 4 is 14.0 Å². The molecule has 17 heavy (non-hydrogen) atoms. The first-order chi connectivity index (χ1) is 7.72. The van der Waals surface area contributed by atoms with Crippen molar-refractivity contribution in [2.75, 3.05) is 40.9 Å². The second kappa shape index (κ2) is 7.67. The Morgan fingerprint density at radius 1 is 1.29 bits per heavy atom. The van der Waals surface area contributed by atoms with Gasteiger partial charge in [-0.2, -0.15) is 0 Å². The van der Waals surface area contributed by atoms with Crippen molar-refractivity contribution < 1.29 is 18.3 Å². The normalized spacial score (nSPS) is 12.4. The minimum Gasteiger partial charge on any atom is -0.329 e. The molecule has 5 nitrogen and oxygen atoms in total. The van der Waals surface area contributed by atoms with Gasteiger partial charge in [-0.3, -0.25) is 4.79 Å². The van der Waals surface area contributed by atoms with Crippen molar-refractivity contribution in [3.8, 4) is 0 Å². The van der Waals surface area contributed by atoms with E-state index in [0.29, 0.717) is 12.2 Å². The number of likely N-dealkylation sites (N-methyl/N-ethyl adjacent to an activating group) is 1. The van der Waals surface area contributed by atoms with Gasteiger partial charge in [-0.25, -0.2) is 0 Å². The molecule has 0 fully saturated rings. The number of rotatable bonds is 9. The fraction of sp³-hybridized carbons (Fsp3) is 0.727. The fourth-order valence-corrected chi connectivity index (χ4v) is 1.45. The Hall–Kier alpha value is -0.610. The fourth-order valence-electron chi connectivity index (χ4n) is 0.870. The Morgan fingerprint density at radius 2 is 1.82 bits per heavy atom. The van der Waals surface area contributed by atoms with Gasteiger partial charge >= 0.3 is 8.17 Å². The standard InChI is InChI=1S/C11H23N2O3P/c1-10(2)11(14)6-8-15-17(12)16-9-7-13(3,4)5/h12H,1,6-9H2,2-5H3/q+2. The molecule has 0 heterocycles. The molecule has 0 aromatic carbocycles. The van der Waals surface area contributed by atoms with Gasteiger partial charge in [0.2, 0.25) is 0 Å². The van der Waals surface area contributed by atoms with Crippen LogP contribution in [0.1, 0.15) is 13.3 Å². The molecule has 0 rings (SSSR count). The molecule has 1 unspecified atom stereocenters. The lowest BCUT2D eigenvalue weighted by Gasteiger charge is -2.21. The largest absolute Gasteiger partial charge is 0.556 e. The maximum Gasteiger partial charge on any atom is 0.556 e. The summed E-state index contributed by atoms with van der Waals surface area (Å²) in [5.74, 6) is -0.0280. The number of Topliss-reactive ketones (excluding diaryl/α,β-unsaturated/α-hetero) is 1. The van der Waals surface area contributed by atoms with E-state index in [9.17, 15) is 4.79 Å². The predicted octanol–water partition coefficient (Wildman–Crippen LogP) is 2.34. The highest BCUT2D eigenvalue weighted by molar-refractivity contribution is 7.34. The monoisotopic (exact) mass is 262 g/mol. The quantitative estimate of drug-likeness (QED) is 0.394. The predicted molar refractivity (Wildman–Crippen MR) is 68.9 cm³/mol. The van der Waals surface area contributed by atoms with Crippen molar-refractivity contribution in [1.29, 1.82) is 5.16 Å². The van der Waals surface area contributed by atoms with E-state index in [4.69, 9.17) is 14.2 Å². The summed E-state index contributed by atoms with van der Waals surface area (Å²) in [6, 6.07) is 0. The first-order valence-corrected chi connectivity index (χ1v) is 6.66. The number of carbonyl (C=O) groups is 1. The summed E-state index contributed by atoms with van der Waals surface area (Å²) < 4.78 is 11.1. The van der Waals surface area contributed by atoms with Crippen LogP contribution in [0.2, 0.25) is 0 Å². The molecule has 1 N–H and O–H groups in total. The lowest BCUT2D eigenvalue weighted by molar-refractivity contribution is -0.870. The zero-order chi connectivity index (χ0) is 13.5. The van der Waals surface area contributed by atoms with Gasteiger partial charge in [0.05, 0.1) is 21.1 Å². The lowest BCUT2D eigenvalue weighted by atomic mass is 10.2. The zero-order valence-corrected chi connectivity index (χ0v) is 12.0. The minimum absolute atomic E-state index is 0.0280. The smallest absolute Gasteiger partial charge is 0.329 e.